The third-order valence-corrected chi connectivity index (χ3v) is 3.40. The Labute approximate surface area is 111 Å². The van der Waals surface area contributed by atoms with E-state index in [0.717, 1.165) is 36.4 Å². The van der Waals surface area contributed by atoms with Crippen LogP contribution in [0.5, 0.6) is 0 Å². The van der Waals surface area contributed by atoms with Crippen LogP contribution in [-0.4, -0.2) is 24.1 Å². The maximum atomic E-state index is 4.59. The summed E-state index contributed by atoms with van der Waals surface area (Å²) in [5, 5.41) is 3.37. The van der Waals surface area contributed by atoms with Crippen molar-refractivity contribution < 1.29 is 0 Å². The minimum atomic E-state index is 0.452. The van der Waals surface area contributed by atoms with Crippen molar-refractivity contribution in [3.8, 4) is 0 Å². The van der Waals surface area contributed by atoms with Gasteiger partial charge in [0.15, 0.2) is 0 Å². The summed E-state index contributed by atoms with van der Waals surface area (Å²) < 4.78 is 0. The van der Waals surface area contributed by atoms with Crippen LogP contribution in [0.4, 0.5) is 11.5 Å². The Bertz CT molecular complexity index is 362. The molecule has 18 heavy (non-hydrogen) atoms. The quantitative estimate of drug-likeness (QED) is 0.887. The Kier molecular flexibility index (Phi) is 4.10. The van der Waals surface area contributed by atoms with Crippen molar-refractivity contribution in [3.05, 3.63) is 18.3 Å². The van der Waals surface area contributed by atoms with Crippen molar-refractivity contribution in [2.45, 2.75) is 40.2 Å². The largest absolute Gasteiger partial charge is 0.382 e. The lowest BCUT2D eigenvalue weighted by atomic mass is 9.92. The number of nitrogens with one attached hydrogen (secondary N) is 1. The zero-order chi connectivity index (χ0) is 13.1. The summed E-state index contributed by atoms with van der Waals surface area (Å²) in [6.07, 6.45) is 3.28. The fourth-order valence-corrected chi connectivity index (χ4v) is 2.84. The molecule has 0 aromatic carbocycles. The van der Waals surface area contributed by atoms with Gasteiger partial charge in [0.2, 0.25) is 0 Å². The molecule has 0 bridgehead atoms. The van der Waals surface area contributed by atoms with E-state index < -0.39 is 0 Å². The van der Waals surface area contributed by atoms with E-state index in [9.17, 15) is 0 Å². The molecule has 1 saturated heterocycles. The van der Waals surface area contributed by atoms with Crippen LogP contribution in [-0.2, 0) is 0 Å². The van der Waals surface area contributed by atoms with Gasteiger partial charge in [-0.25, -0.2) is 4.98 Å². The third kappa shape index (κ3) is 3.37. The molecule has 1 aromatic heterocycles. The molecule has 1 fully saturated rings. The SMILES string of the molecule is CC(C)Nc1ccc(N2C[C@H](C)C[C@H](C)C2)nc1. The van der Waals surface area contributed by atoms with Crippen molar-refractivity contribution in [1.29, 1.82) is 0 Å². The van der Waals surface area contributed by atoms with Gasteiger partial charge in [0.25, 0.3) is 0 Å². The van der Waals surface area contributed by atoms with E-state index in [1.54, 1.807) is 0 Å². The Hall–Kier alpha value is -1.25. The van der Waals surface area contributed by atoms with E-state index in [4.69, 9.17) is 0 Å². The maximum absolute atomic E-state index is 4.59. The highest BCUT2D eigenvalue weighted by Crippen LogP contribution is 2.25. The van der Waals surface area contributed by atoms with Crippen molar-refractivity contribution in [1.82, 2.24) is 4.98 Å². The van der Waals surface area contributed by atoms with Crippen molar-refractivity contribution in [2.24, 2.45) is 11.8 Å². The van der Waals surface area contributed by atoms with Gasteiger partial charge in [-0.1, -0.05) is 13.8 Å². The zero-order valence-electron chi connectivity index (χ0n) is 12.0. The second kappa shape index (κ2) is 5.59. The molecule has 1 N–H and O–H groups in total. The van der Waals surface area contributed by atoms with Gasteiger partial charge in [0.1, 0.15) is 5.82 Å². The molecule has 1 aliphatic heterocycles. The number of pyridine rings is 1. The Balaban J connectivity index is 2.04. The van der Waals surface area contributed by atoms with E-state index in [1.807, 2.05) is 6.20 Å². The molecule has 2 atom stereocenters. The van der Waals surface area contributed by atoms with Crippen LogP contribution < -0.4 is 10.2 Å². The van der Waals surface area contributed by atoms with Gasteiger partial charge < -0.3 is 10.2 Å². The summed E-state index contributed by atoms with van der Waals surface area (Å²) in [4.78, 5) is 7.00. The predicted molar refractivity (Wildman–Crippen MR) is 78.2 cm³/mol. The molecule has 3 nitrogen and oxygen atoms in total. The number of piperidine rings is 1. The van der Waals surface area contributed by atoms with Crippen LogP contribution in [0.2, 0.25) is 0 Å². The Morgan fingerprint density at radius 3 is 2.39 bits per heavy atom. The summed E-state index contributed by atoms with van der Waals surface area (Å²) in [5.74, 6) is 2.65. The number of aromatic nitrogens is 1. The molecular weight excluding hydrogens is 222 g/mol. The van der Waals surface area contributed by atoms with E-state index in [0.29, 0.717) is 6.04 Å². The molecular formula is C15H25N3. The summed E-state index contributed by atoms with van der Waals surface area (Å²) in [6.45, 7) is 11.2. The number of rotatable bonds is 3. The highest BCUT2D eigenvalue weighted by atomic mass is 15.2. The van der Waals surface area contributed by atoms with Crippen LogP contribution >= 0.6 is 0 Å². The van der Waals surface area contributed by atoms with E-state index in [2.05, 4.69) is 55.0 Å². The van der Waals surface area contributed by atoms with Crippen LogP contribution in [0.1, 0.15) is 34.1 Å². The molecule has 1 aromatic rings. The molecule has 0 saturated carbocycles. The summed E-state index contributed by atoms with van der Waals surface area (Å²) in [7, 11) is 0. The standard InChI is InChI=1S/C15H25N3/c1-11(2)17-14-5-6-15(16-8-14)18-9-12(3)7-13(4)10-18/h5-6,8,11-13,17H,7,9-10H2,1-4H3/t12-,13+. The van der Waals surface area contributed by atoms with E-state index in [-0.39, 0.29) is 0 Å². The lowest BCUT2D eigenvalue weighted by Crippen LogP contribution is -2.39. The minimum Gasteiger partial charge on any atom is -0.382 e. The Morgan fingerprint density at radius 1 is 1.22 bits per heavy atom. The van der Waals surface area contributed by atoms with Gasteiger partial charge in [-0.15, -0.1) is 0 Å². The van der Waals surface area contributed by atoms with Gasteiger partial charge in [-0.3, -0.25) is 0 Å². The molecule has 0 radical (unpaired) electrons. The lowest BCUT2D eigenvalue weighted by Gasteiger charge is -2.35. The molecule has 3 heteroatoms. The fraction of sp³-hybridized carbons (Fsp3) is 0.667. The molecule has 0 unspecified atom stereocenters. The molecule has 2 heterocycles. The first-order valence-electron chi connectivity index (χ1n) is 7.02. The highest BCUT2D eigenvalue weighted by Gasteiger charge is 2.22. The van der Waals surface area contributed by atoms with Gasteiger partial charge in [-0.2, -0.15) is 0 Å². The molecule has 100 valence electrons. The first kappa shape index (κ1) is 13.2. The minimum absolute atomic E-state index is 0.452. The first-order valence-corrected chi connectivity index (χ1v) is 7.02. The second-order valence-electron chi connectivity index (χ2n) is 6.06. The normalized spacial score (nSPS) is 24.4. The summed E-state index contributed by atoms with van der Waals surface area (Å²) in [6, 6.07) is 4.72. The fourth-order valence-electron chi connectivity index (χ4n) is 2.84. The summed E-state index contributed by atoms with van der Waals surface area (Å²) in [5.41, 5.74) is 1.10. The topological polar surface area (TPSA) is 28.2 Å². The summed E-state index contributed by atoms with van der Waals surface area (Å²) >= 11 is 0. The number of hydrogen-bond acceptors (Lipinski definition) is 3. The Morgan fingerprint density at radius 2 is 1.89 bits per heavy atom. The van der Waals surface area contributed by atoms with Crippen LogP contribution in [0.25, 0.3) is 0 Å². The van der Waals surface area contributed by atoms with E-state index in [1.165, 1.54) is 6.42 Å². The monoisotopic (exact) mass is 247 g/mol. The van der Waals surface area contributed by atoms with Gasteiger partial charge >= 0.3 is 0 Å². The molecule has 0 aliphatic carbocycles. The van der Waals surface area contributed by atoms with Gasteiger partial charge in [0, 0.05) is 19.1 Å². The molecule has 2 rings (SSSR count). The number of nitrogens with zero attached hydrogens (tertiary/aromatic N) is 2. The van der Waals surface area contributed by atoms with Crippen molar-refractivity contribution >= 4 is 11.5 Å². The van der Waals surface area contributed by atoms with Crippen LogP contribution in [0.15, 0.2) is 18.3 Å². The molecule has 0 spiro atoms. The van der Waals surface area contributed by atoms with Crippen LogP contribution in [0, 0.1) is 11.8 Å². The smallest absolute Gasteiger partial charge is 0.128 e. The number of anilines is 2. The van der Waals surface area contributed by atoms with Crippen molar-refractivity contribution in [3.63, 3.8) is 0 Å². The van der Waals surface area contributed by atoms with Gasteiger partial charge in [-0.05, 0) is 44.2 Å². The third-order valence-electron chi connectivity index (χ3n) is 3.40. The maximum Gasteiger partial charge on any atom is 0.128 e. The number of hydrogen-bond donors (Lipinski definition) is 1. The van der Waals surface area contributed by atoms with Gasteiger partial charge in [0.05, 0.1) is 11.9 Å². The molecule has 0 amide bonds. The first-order chi connectivity index (χ1) is 8.54. The predicted octanol–water partition coefficient (Wildman–Crippen LogP) is 3.38. The highest BCUT2D eigenvalue weighted by molar-refractivity contribution is 5.49. The van der Waals surface area contributed by atoms with Crippen LogP contribution in [0.3, 0.4) is 0 Å². The second-order valence-corrected chi connectivity index (χ2v) is 6.06. The zero-order valence-corrected chi connectivity index (χ0v) is 12.0. The average Bonchev–Trinajstić information content (AvgIpc) is 2.27. The van der Waals surface area contributed by atoms with Crippen molar-refractivity contribution in [2.75, 3.05) is 23.3 Å². The lowest BCUT2D eigenvalue weighted by molar-refractivity contribution is 0.355. The molecule has 1 aliphatic rings. The average molecular weight is 247 g/mol. The van der Waals surface area contributed by atoms with E-state index >= 15 is 0 Å².